The zero-order valence-electron chi connectivity index (χ0n) is 11.9. The summed E-state index contributed by atoms with van der Waals surface area (Å²) in [4.78, 5) is 15.2. The summed E-state index contributed by atoms with van der Waals surface area (Å²) in [6.45, 7) is 4.68. The predicted octanol–water partition coefficient (Wildman–Crippen LogP) is 2.96. The molecule has 0 amide bonds. The first kappa shape index (κ1) is 14.1. The minimum Gasteiger partial charge on any atom is -0.478 e. The number of benzene rings is 1. The molecule has 4 heteroatoms. The summed E-state index contributed by atoms with van der Waals surface area (Å²) >= 11 is 0. The van der Waals surface area contributed by atoms with Crippen LogP contribution in [0.3, 0.4) is 0 Å². The standard InChI is InChI=1S/C16H18N2O2/c1-11-8-15(12(2)18(11)3)10-17-9-13-4-6-14(7-5-13)16(19)20/h4-8,10H,9H2,1-3H3,(H,19,20). The Hall–Kier alpha value is -2.36. The van der Waals surface area contributed by atoms with E-state index in [9.17, 15) is 4.79 Å². The van der Waals surface area contributed by atoms with E-state index < -0.39 is 5.97 Å². The molecule has 0 radical (unpaired) electrons. The summed E-state index contributed by atoms with van der Waals surface area (Å²) in [6.07, 6.45) is 1.87. The molecule has 0 aliphatic carbocycles. The fraction of sp³-hybridized carbons (Fsp3) is 0.250. The Morgan fingerprint density at radius 1 is 1.30 bits per heavy atom. The van der Waals surface area contributed by atoms with E-state index >= 15 is 0 Å². The number of rotatable bonds is 4. The first-order valence-electron chi connectivity index (χ1n) is 6.44. The molecule has 0 saturated carbocycles. The van der Waals surface area contributed by atoms with Crippen LogP contribution in [0.2, 0.25) is 0 Å². The number of nitrogens with zero attached hydrogens (tertiary/aromatic N) is 2. The topological polar surface area (TPSA) is 54.6 Å². The maximum Gasteiger partial charge on any atom is 0.335 e. The fourth-order valence-electron chi connectivity index (χ4n) is 2.02. The van der Waals surface area contributed by atoms with Gasteiger partial charge in [-0.25, -0.2) is 4.79 Å². The Labute approximate surface area is 118 Å². The summed E-state index contributed by atoms with van der Waals surface area (Å²) in [5, 5.41) is 8.83. The van der Waals surface area contributed by atoms with Crippen LogP contribution in [0.4, 0.5) is 0 Å². The molecular formula is C16H18N2O2. The predicted molar refractivity (Wildman–Crippen MR) is 79.6 cm³/mol. The normalized spacial score (nSPS) is 11.2. The maximum atomic E-state index is 10.8. The van der Waals surface area contributed by atoms with Crippen LogP contribution in [0, 0.1) is 13.8 Å². The zero-order chi connectivity index (χ0) is 14.7. The summed E-state index contributed by atoms with van der Waals surface area (Å²) in [5.74, 6) is -0.907. The highest BCUT2D eigenvalue weighted by molar-refractivity contribution is 5.87. The minimum atomic E-state index is -0.907. The average molecular weight is 270 g/mol. The molecule has 2 rings (SSSR count). The molecule has 0 unspecified atom stereocenters. The van der Waals surface area contributed by atoms with Gasteiger partial charge < -0.3 is 9.67 Å². The minimum absolute atomic E-state index is 0.298. The smallest absolute Gasteiger partial charge is 0.335 e. The van der Waals surface area contributed by atoms with Crippen LogP contribution in [0.1, 0.15) is 32.9 Å². The number of aromatic nitrogens is 1. The van der Waals surface area contributed by atoms with Crippen LogP contribution >= 0.6 is 0 Å². The number of aryl methyl sites for hydroxylation is 1. The molecule has 0 bridgehead atoms. The van der Waals surface area contributed by atoms with Crippen LogP contribution < -0.4 is 0 Å². The van der Waals surface area contributed by atoms with Crippen LogP contribution in [0.15, 0.2) is 35.3 Å². The van der Waals surface area contributed by atoms with Gasteiger partial charge in [0, 0.05) is 30.2 Å². The van der Waals surface area contributed by atoms with Gasteiger partial charge in [-0.15, -0.1) is 0 Å². The second-order valence-electron chi connectivity index (χ2n) is 4.86. The number of hydrogen-bond acceptors (Lipinski definition) is 2. The highest BCUT2D eigenvalue weighted by atomic mass is 16.4. The molecular weight excluding hydrogens is 252 g/mol. The lowest BCUT2D eigenvalue weighted by molar-refractivity contribution is 0.0697. The summed E-state index contributed by atoms with van der Waals surface area (Å²) in [6, 6.07) is 8.90. The lowest BCUT2D eigenvalue weighted by Gasteiger charge is -1.99. The highest BCUT2D eigenvalue weighted by Crippen LogP contribution is 2.11. The van der Waals surface area contributed by atoms with E-state index in [1.807, 2.05) is 13.3 Å². The van der Waals surface area contributed by atoms with Gasteiger partial charge in [-0.1, -0.05) is 12.1 Å². The van der Waals surface area contributed by atoms with Crippen LogP contribution in [0.5, 0.6) is 0 Å². The molecule has 1 heterocycles. The van der Waals surface area contributed by atoms with Crippen LogP contribution in [-0.2, 0) is 13.6 Å². The van der Waals surface area contributed by atoms with Crippen molar-refractivity contribution in [3.8, 4) is 0 Å². The quantitative estimate of drug-likeness (QED) is 0.868. The van der Waals surface area contributed by atoms with Gasteiger partial charge in [0.25, 0.3) is 0 Å². The zero-order valence-corrected chi connectivity index (χ0v) is 11.9. The van der Waals surface area contributed by atoms with Crippen LogP contribution in [0.25, 0.3) is 0 Å². The van der Waals surface area contributed by atoms with Crippen molar-refractivity contribution in [3.05, 3.63) is 58.4 Å². The summed E-state index contributed by atoms with van der Waals surface area (Å²) in [5.41, 5.74) is 4.80. The van der Waals surface area contributed by atoms with Crippen molar-refractivity contribution in [2.24, 2.45) is 12.0 Å². The van der Waals surface area contributed by atoms with Gasteiger partial charge in [0.05, 0.1) is 12.1 Å². The fourth-order valence-corrected chi connectivity index (χ4v) is 2.02. The Morgan fingerprint density at radius 2 is 1.95 bits per heavy atom. The van der Waals surface area contributed by atoms with Gasteiger partial charge >= 0.3 is 5.97 Å². The molecule has 2 aromatic rings. The van der Waals surface area contributed by atoms with Gasteiger partial charge in [0.15, 0.2) is 0 Å². The van der Waals surface area contributed by atoms with Gasteiger partial charge in [0.2, 0.25) is 0 Å². The third kappa shape index (κ3) is 2.96. The summed E-state index contributed by atoms with van der Waals surface area (Å²) < 4.78 is 2.13. The van der Waals surface area contributed by atoms with Crippen molar-refractivity contribution in [1.82, 2.24) is 4.57 Å². The SMILES string of the molecule is Cc1cc(C=NCc2ccc(C(=O)O)cc2)c(C)n1C. The second kappa shape index (κ2) is 5.74. The molecule has 104 valence electrons. The molecule has 1 aromatic carbocycles. The average Bonchev–Trinajstić information content (AvgIpc) is 2.67. The lowest BCUT2D eigenvalue weighted by Crippen LogP contribution is -1.96. The second-order valence-corrected chi connectivity index (χ2v) is 4.86. The number of carboxylic acid groups (broad SMARTS) is 1. The van der Waals surface area contributed by atoms with E-state index in [1.165, 1.54) is 11.4 Å². The molecule has 0 fully saturated rings. The molecule has 20 heavy (non-hydrogen) atoms. The molecule has 0 spiro atoms. The van der Waals surface area contributed by atoms with Crippen molar-refractivity contribution in [3.63, 3.8) is 0 Å². The number of carbonyl (C=O) groups is 1. The molecule has 0 saturated heterocycles. The Bertz CT molecular complexity index is 652. The molecule has 0 atom stereocenters. The Balaban J connectivity index is 2.06. The van der Waals surface area contributed by atoms with Gasteiger partial charge in [0.1, 0.15) is 0 Å². The van der Waals surface area contributed by atoms with Crippen molar-refractivity contribution >= 4 is 12.2 Å². The number of hydrogen-bond donors (Lipinski definition) is 1. The monoisotopic (exact) mass is 270 g/mol. The Kier molecular flexibility index (Phi) is 4.03. The molecule has 0 aliphatic heterocycles. The first-order chi connectivity index (χ1) is 9.49. The number of carboxylic acids is 1. The maximum absolute atomic E-state index is 10.8. The van der Waals surface area contributed by atoms with Crippen molar-refractivity contribution in [2.75, 3.05) is 0 Å². The van der Waals surface area contributed by atoms with E-state index in [-0.39, 0.29) is 0 Å². The van der Waals surface area contributed by atoms with Gasteiger partial charge in [-0.2, -0.15) is 0 Å². The largest absolute Gasteiger partial charge is 0.478 e. The number of aliphatic imine (C=N–C) groups is 1. The van der Waals surface area contributed by atoms with E-state index in [1.54, 1.807) is 24.3 Å². The van der Waals surface area contributed by atoms with E-state index in [0.29, 0.717) is 12.1 Å². The van der Waals surface area contributed by atoms with Gasteiger partial charge in [-0.05, 0) is 37.6 Å². The van der Waals surface area contributed by atoms with E-state index in [0.717, 1.165) is 11.1 Å². The Morgan fingerprint density at radius 3 is 2.45 bits per heavy atom. The molecule has 1 aromatic heterocycles. The first-order valence-corrected chi connectivity index (χ1v) is 6.44. The lowest BCUT2D eigenvalue weighted by atomic mass is 10.1. The van der Waals surface area contributed by atoms with Crippen LogP contribution in [-0.4, -0.2) is 21.9 Å². The number of aromatic carboxylic acids is 1. The van der Waals surface area contributed by atoms with Gasteiger partial charge in [-0.3, -0.25) is 4.99 Å². The third-order valence-corrected chi connectivity index (χ3v) is 3.52. The van der Waals surface area contributed by atoms with E-state index in [4.69, 9.17) is 5.11 Å². The molecule has 1 N–H and O–H groups in total. The molecule has 4 nitrogen and oxygen atoms in total. The highest BCUT2D eigenvalue weighted by Gasteiger charge is 2.03. The van der Waals surface area contributed by atoms with Crippen molar-refractivity contribution in [1.29, 1.82) is 0 Å². The van der Waals surface area contributed by atoms with Crippen molar-refractivity contribution < 1.29 is 9.90 Å². The van der Waals surface area contributed by atoms with Crippen molar-refractivity contribution in [2.45, 2.75) is 20.4 Å². The molecule has 0 aliphatic rings. The summed E-state index contributed by atoms with van der Waals surface area (Å²) in [7, 11) is 2.03. The van der Waals surface area contributed by atoms with E-state index in [2.05, 4.69) is 29.5 Å². The third-order valence-electron chi connectivity index (χ3n) is 3.52.